The van der Waals surface area contributed by atoms with Crippen LogP contribution >= 0.6 is 24.0 Å². The lowest BCUT2D eigenvalue weighted by Crippen LogP contribution is -2.28. The molecule has 0 heterocycles. The summed E-state index contributed by atoms with van der Waals surface area (Å²) in [5.41, 5.74) is 6.14. The van der Waals surface area contributed by atoms with E-state index in [1.807, 2.05) is 0 Å². The molecule has 1 aliphatic carbocycles. The number of benzene rings is 1. The number of nitrogens with one attached hydrogen (secondary N) is 1. The highest BCUT2D eigenvalue weighted by Gasteiger charge is 2.34. The Hall–Kier alpha value is -1.33. The molecule has 142 valence electrons. The summed E-state index contributed by atoms with van der Waals surface area (Å²) in [5, 5.41) is 2.73. The number of aliphatic imine (C=N–C) groups is 1. The smallest absolute Gasteiger partial charge is 0.406 e. The van der Waals surface area contributed by atoms with Crippen LogP contribution in [0, 0.1) is 5.92 Å². The van der Waals surface area contributed by atoms with Crippen molar-refractivity contribution in [2.75, 3.05) is 11.9 Å². The number of halogens is 6. The zero-order valence-electron chi connectivity index (χ0n) is 13.2. The first kappa shape index (κ1) is 21.7. The third-order valence-corrected chi connectivity index (χ3v) is 3.72. The van der Waals surface area contributed by atoms with E-state index in [-0.39, 0.29) is 54.4 Å². The lowest BCUT2D eigenvalue weighted by molar-refractivity contribution is -0.274. The number of ether oxygens (including phenoxy) is 1. The molecule has 0 unspecified atom stereocenters. The van der Waals surface area contributed by atoms with E-state index in [1.165, 1.54) is 12.1 Å². The summed E-state index contributed by atoms with van der Waals surface area (Å²) in [6.07, 6.45) is -4.23. The van der Waals surface area contributed by atoms with Crippen LogP contribution in [0.4, 0.5) is 27.6 Å². The van der Waals surface area contributed by atoms with Crippen molar-refractivity contribution < 1.29 is 26.7 Å². The molecule has 4 nitrogen and oxygen atoms in total. The Bertz CT molecular complexity index is 568. The van der Waals surface area contributed by atoms with E-state index in [9.17, 15) is 22.0 Å². The van der Waals surface area contributed by atoms with Gasteiger partial charge >= 0.3 is 6.36 Å². The summed E-state index contributed by atoms with van der Waals surface area (Å²) in [7, 11) is 0. The molecule has 25 heavy (non-hydrogen) atoms. The van der Waals surface area contributed by atoms with Crippen molar-refractivity contribution in [1.82, 2.24) is 0 Å². The minimum atomic E-state index is -4.74. The summed E-state index contributed by atoms with van der Waals surface area (Å²) >= 11 is 0. The van der Waals surface area contributed by atoms with Gasteiger partial charge in [-0.2, -0.15) is 0 Å². The SMILES string of the molecule is I.NC(=NCC1CCC(F)(F)CC1)Nc1ccc(OC(F)(F)F)cc1. The zero-order chi connectivity index (χ0) is 17.8. The molecule has 0 bridgehead atoms. The first-order chi connectivity index (χ1) is 11.1. The van der Waals surface area contributed by atoms with Crippen molar-refractivity contribution in [3.8, 4) is 5.75 Å². The highest BCUT2D eigenvalue weighted by Crippen LogP contribution is 2.36. The van der Waals surface area contributed by atoms with Gasteiger partial charge in [0.2, 0.25) is 5.92 Å². The Morgan fingerprint density at radius 1 is 1.20 bits per heavy atom. The van der Waals surface area contributed by atoms with Crippen LogP contribution in [0.5, 0.6) is 5.75 Å². The van der Waals surface area contributed by atoms with Gasteiger partial charge in [0.25, 0.3) is 0 Å². The quantitative estimate of drug-likeness (QED) is 0.284. The molecular weight excluding hydrogens is 460 g/mol. The first-order valence-corrected chi connectivity index (χ1v) is 7.43. The normalized spacial score (nSPS) is 18.4. The van der Waals surface area contributed by atoms with Crippen molar-refractivity contribution >= 4 is 35.6 Å². The summed E-state index contributed by atoms with van der Waals surface area (Å²) in [5.74, 6) is -2.78. The van der Waals surface area contributed by atoms with E-state index in [0.717, 1.165) is 12.1 Å². The fraction of sp³-hybridized carbons (Fsp3) is 0.533. The maximum atomic E-state index is 13.0. The standard InChI is InChI=1S/C15H18F5N3O.HI/c16-14(17)7-5-10(6-8-14)9-22-13(21)23-11-1-3-12(4-2-11)24-15(18,19)20;/h1-4,10H,5-9H2,(H3,21,22,23);1H. The molecule has 2 rings (SSSR count). The van der Waals surface area contributed by atoms with Crippen LogP contribution in [0.25, 0.3) is 0 Å². The third kappa shape index (κ3) is 8.06. The van der Waals surface area contributed by atoms with E-state index in [2.05, 4.69) is 15.0 Å². The number of hydrogen-bond donors (Lipinski definition) is 2. The molecule has 10 heteroatoms. The lowest BCUT2D eigenvalue weighted by atomic mass is 9.87. The second-order valence-electron chi connectivity index (χ2n) is 5.72. The van der Waals surface area contributed by atoms with Gasteiger partial charge in [0.05, 0.1) is 0 Å². The Kier molecular flexibility index (Phi) is 7.69. The summed E-state index contributed by atoms with van der Waals surface area (Å²) in [4.78, 5) is 4.10. The maximum Gasteiger partial charge on any atom is 0.573 e. The maximum absolute atomic E-state index is 13.0. The van der Waals surface area contributed by atoms with Crippen LogP contribution in [-0.2, 0) is 0 Å². The third-order valence-electron chi connectivity index (χ3n) is 3.72. The molecule has 3 N–H and O–H groups in total. The van der Waals surface area contributed by atoms with Crippen LogP contribution in [0.1, 0.15) is 25.7 Å². The van der Waals surface area contributed by atoms with Crippen LogP contribution in [0.3, 0.4) is 0 Å². The van der Waals surface area contributed by atoms with Crippen molar-refractivity contribution in [1.29, 1.82) is 0 Å². The van der Waals surface area contributed by atoms with Crippen molar-refractivity contribution in [3.63, 3.8) is 0 Å². The molecule has 0 spiro atoms. The van der Waals surface area contributed by atoms with Crippen molar-refractivity contribution in [2.45, 2.75) is 38.0 Å². The molecular formula is C15H19F5IN3O. The molecule has 0 aliphatic heterocycles. The molecule has 0 aromatic heterocycles. The summed E-state index contributed by atoms with van der Waals surface area (Å²) in [6, 6.07) is 5.02. The van der Waals surface area contributed by atoms with Crippen LogP contribution in [0.2, 0.25) is 0 Å². The average molecular weight is 479 g/mol. The van der Waals surface area contributed by atoms with E-state index in [0.29, 0.717) is 25.1 Å². The van der Waals surface area contributed by atoms with Gasteiger partial charge in [-0.05, 0) is 43.0 Å². The number of hydrogen-bond acceptors (Lipinski definition) is 2. The van der Waals surface area contributed by atoms with Gasteiger partial charge in [-0.1, -0.05) is 0 Å². The van der Waals surface area contributed by atoms with Crippen LogP contribution in [-0.4, -0.2) is 24.8 Å². The second kappa shape index (κ2) is 8.86. The monoisotopic (exact) mass is 479 g/mol. The van der Waals surface area contributed by atoms with Gasteiger partial charge in [-0.3, -0.25) is 4.99 Å². The number of rotatable bonds is 4. The molecule has 1 aliphatic rings. The zero-order valence-corrected chi connectivity index (χ0v) is 15.5. The summed E-state index contributed by atoms with van der Waals surface area (Å²) in [6.45, 7) is 0.337. The molecule has 1 fully saturated rings. The van der Waals surface area contributed by atoms with Gasteiger partial charge in [-0.15, -0.1) is 37.1 Å². The lowest BCUT2D eigenvalue weighted by Gasteiger charge is -2.27. The van der Waals surface area contributed by atoms with E-state index in [1.54, 1.807) is 0 Å². The molecule has 0 amide bonds. The molecule has 0 saturated heterocycles. The summed E-state index contributed by atoms with van der Waals surface area (Å²) < 4.78 is 66.0. The van der Waals surface area contributed by atoms with E-state index in [4.69, 9.17) is 5.73 Å². The van der Waals surface area contributed by atoms with Gasteiger partial charge in [0, 0.05) is 25.1 Å². The van der Waals surface area contributed by atoms with Crippen LogP contribution < -0.4 is 15.8 Å². The first-order valence-electron chi connectivity index (χ1n) is 7.43. The van der Waals surface area contributed by atoms with Crippen molar-refractivity contribution in [3.05, 3.63) is 24.3 Å². The second-order valence-corrected chi connectivity index (χ2v) is 5.72. The molecule has 1 aromatic carbocycles. The van der Waals surface area contributed by atoms with Gasteiger partial charge in [0.1, 0.15) is 5.75 Å². The number of alkyl halides is 5. The Labute approximate surface area is 159 Å². The number of nitrogens with zero attached hydrogens (tertiary/aromatic N) is 1. The molecule has 0 atom stereocenters. The topological polar surface area (TPSA) is 59.6 Å². The molecule has 1 saturated carbocycles. The highest BCUT2D eigenvalue weighted by atomic mass is 127. The van der Waals surface area contributed by atoms with Crippen LogP contribution in [0.15, 0.2) is 29.3 Å². The number of guanidine groups is 1. The fourth-order valence-corrected chi connectivity index (χ4v) is 2.44. The van der Waals surface area contributed by atoms with E-state index < -0.39 is 12.3 Å². The Balaban J connectivity index is 0.00000312. The van der Waals surface area contributed by atoms with E-state index >= 15 is 0 Å². The Morgan fingerprint density at radius 3 is 2.28 bits per heavy atom. The number of anilines is 1. The van der Waals surface area contributed by atoms with Gasteiger partial charge in [-0.25, -0.2) is 8.78 Å². The predicted molar refractivity (Wildman–Crippen MR) is 95.6 cm³/mol. The predicted octanol–water partition coefficient (Wildman–Crippen LogP) is 4.76. The van der Waals surface area contributed by atoms with Gasteiger partial charge < -0.3 is 15.8 Å². The fourth-order valence-electron chi connectivity index (χ4n) is 2.44. The Morgan fingerprint density at radius 2 is 1.76 bits per heavy atom. The molecule has 0 radical (unpaired) electrons. The average Bonchev–Trinajstić information content (AvgIpc) is 2.47. The van der Waals surface area contributed by atoms with Gasteiger partial charge in [0.15, 0.2) is 5.96 Å². The van der Waals surface area contributed by atoms with Crippen molar-refractivity contribution in [2.24, 2.45) is 16.6 Å². The minimum absolute atomic E-state index is 0. The molecule has 1 aromatic rings. The highest BCUT2D eigenvalue weighted by molar-refractivity contribution is 14.0. The largest absolute Gasteiger partial charge is 0.573 e. The minimum Gasteiger partial charge on any atom is -0.406 e. The number of nitrogens with two attached hydrogens (primary N) is 1.